The van der Waals surface area contributed by atoms with Crippen molar-refractivity contribution in [2.75, 3.05) is 14.2 Å². The highest BCUT2D eigenvalue weighted by Gasteiger charge is 2.61. The molecular weight excluding hydrogens is 260 g/mol. The number of benzene rings is 1. The standard InChI is InChI=1S/C19H24O2/c1-13-18(16-5-4-6-17(8-16)20-2)9-14-7-15(10-18)12-19(13,11-14)21-3/h4-6,8,14-15H,1,7,9-12H2,2-3H3. The van der Waals surface area contributed by atoms with E-state index in [1.807, 2.05) is 13.2 Å². The average Bonchev–Trinajstić information content (AvgIpc) is 2.51. The SMILES string of the molecule is C=C1C2(OC)CC3CC(C2)CC1(c1cccc(OC)c1)C3. The highest BCUT2D eigenvalue weighted by Crippen LogP contribution is 2.65. The molecule has 21 heavy (non-hydrogen) atoms. The van der Waals surface area contributed by atoms with Crippen LogP contribution < -0.4 is 4.74 Å². The summed E-state index contributed by atoms with van der Waals surface area (Å²) >= 11 is 0. The van der Waals surface area contributed by atoms with Gasteiger partial charge in [-0.25, -0.2) is 0 Å². The van der Waals surface area contributed by atoms with Crippen LogP contribution in [-0.4, -0.2) is 19.8 Å². The molecule has 0 aliphatic heterocycles. The lowest BCUT2D eigenvalue weighted by Gasteiger charge is -2.63. The van der Waals surface area contributed by atoms with Crippen molar-refractivity contribution >= 4 is 0 Å². The van der Waals surface area contributed by atoms with E-state index in [9.17, 15) is 0 Å². The van der Waals surface area contributed by atoms with Crippen molar-refractivity contribution in [2.24, 2.45) is 11.8 Å². The minimum Gasteiger partial charge on any atom is -0.497 e. The second-order valence-electron chi connectivity index (χ2n) is 7.28. The molecule has 1 aromatic rings. The Morgan fingerprint density at radius 1 is 1.10 bits per heavy atom. The van der Waals surface area contributed by atoms with Crippen LogP contribution in [0.5, 0.6) is 5.75 Å². The largest absolute Gasteiger partial charge is 0.497 e. The van der Waals surface area contributed by atoms with Gasteiger partial charge in [-0.05, 0) is 67.2 Å². The molecule has 0 heterocycles. The van der Waals surface area contributed by atoms with Gasteiger partial charge in [-0.2, -0.15) is 0 Å². The molecule has 1 aromatic carbocycles. The summed E-state index contributed by atoms with van der Waals surface area (Å²) in [4.78, 5) is 0. The maximum Gasteiger partial charge on any atom is 0.119 e. The van der Waals surface area contributed by atoms with Crippen LogP contribution in [0.1, 0.15) is 37.7 Å². The molecule has 2 unspecified atom stereocenters. The van der Waals surface area contributed by atoms with Crippen molar-refractivity contribution in [1.82, 2.24) is 0 Å². The lowest BCUT2D eigenvalue weighted by Crippen LogP contribution is -2.59. The smallest absolute Gasteiger partial charge is 0.119 e. The van der Waals surface area contributed by atoms with Crippen LogP contribution >= 0.6 is 0 Å². The molecule has 0 radical (unpaired) electrons. The summed E-state index contributed by atoms with van der Waals surface area (Å²) in [6.07, 6.45) is 6.19. The van der Waals surface area contributed by atoms with Crippen LogP contribution in [0.4, 0.5) is 0 Å². The van der Waals surface area contributed by atoms with Crippen LogP contribution in [0.3, 0.4) is 0 Å². The Bertz CT molecular complexity index is 575. The van der Waals surface area contributed by atoms with Crippen molar-refractivity contribution in [3.8, 4) is 5.75 Å². The molecule has 4 fully saturated rings. The fraction of sp³-hybridized carbons (Fsp3) is 0.579. The number of ether oxygens (including phenoxy) is 2. The molecule has 0 amide bonds. The molecule has 0 aromatic heterocycles. The molecule has 4 aliphatic carbocycles. The first kappa shape index (κ1) is 13.4. The van der Waals surface area contributed by atoms with Crippen LogP contribution in [0.2, 0.25) is 0 Å². The van der Waals surface area contributed by atoms with Crippen LogP contribution in [0.15, 0.2) is 36.4 Å². The van der Waals surface area contributed by atoms with E-state index in [0.717, 1.165) is 17.6 Å². The van der Waals surface area contributed by atoms with E-state index in [1.54, 1.807) is 7.11 Å². The first-order valence-corrected chi connectivity index (χ1v) is 8.01. The van der Waals surface area contributed by atoms with Gasteiger partial charge in [-0.3, -0.25) is 0 Å². The van der Waals surface area contributed by atoms with E-state index >= 15 is 0 Å². The molecule has 2 nitrogen and oxygen atoms in total. The molecule has 0 spiro atoms. The van der Waals surface area contributed by atoms with Gasteiger partial charge in [-0.15, -0.1) is 0 Å². The Morgan fingerprint density at radius 2 is 1.81 bits per heavy atom. The Balaban J connectivity index is 1.84. The molecule has 2 heteroatoms. The Labute approximate surface area is 127 Å². The van der Waals surface area contributed by atoms with Gasteiger partial charge in [0.1, 0.15) is 5.75 Å². The molecule has 0 N–H and O–H groups in total. The molecule has 2 atom stereocenters. The first-order chi connectivity index (χ1) is 10.1. The fourth-order valence-corrected chi connectivity index (χ4v) is 5.58. The second-order valence-corrected chi connectivity index (χ2v) is 7.28. The van der Waals surface area contributed by atoms with Crippen LogP contribution in [-0.2, 0) is 10.2 Å². The lowest BCUT2D eigenvalue weighted by atomic mass is 9.44. The van der Waals surface area contributed by atoms with Crippen LogP contribution in [0.25, 0.3) is 0 Å². The quantitative estimate of drug-likeness (QED) is 0.778. The Hall–Kier alpha value is -1.28. The zero-order valence-electron chi connectivity index (χ0n) is 13.0. The van der Waals surface area contributed by atoms with E-state index in [1.165, 1.54) is 43.2 Å². The zero-order valence-corrected chi connectivity index (χ0v) is 13.0. The number of methoxy groups -OCH3 is 2. The van der Waals surface area contributed by atoms with Crippen molar-refractivity contribution < 1.29 is 9.47 Å². The summed E-state index contributed by atoms with van der Waals surface area (Å²) in [6, 6.07) is 8.60. The third kappa shape index (κ3) is 1.69. The number of hydrogen-bond acceptors (Lipinski definition) is 2. The minimum absolute atomic E-state index is 0.0762. The maximum atomic E-state index is 6.04. The molecule has 4 bridgehead atoms. The van der Waals surface area contributed by atoms with E-state index < -0.39 is 0 Å². The van der Waals surface area contributed by atoms with E-state index in [2.05, 4.69) is 24.8 Å². The van der Waals surface area contributed by atoms with Gasteiger partial charge in [0.05, 0.1) is 12.7 Å². The second kappa shape index (κ2) is 4.36. The lowest BCUT2D eigenvalue weighted by molar-refractivity contribution is -0.109. The van der Waals surface area contributed by atoms with Crippen molar-refractivity contribution in [2.45, 2.75) is 43.1 Å². The Morgan fingerprint density at radius 3 is 2.43 bits per heavy atom. The predicted molar refractivity (Wildman–Crippen MR) is 83.6 cm³/mol. The van der Waals surface area contributed by atoms with E-state index in [-0.39, 0.29) is 11.0 Å². The third-order valence-electron chi connectivity index (χ3n) is 6.32. The van der Waals surface area contributed by atoms with Gasteiger partial charge < -0.3 is 9.47 Å². The Kier molecular flexibility index (Phi) is 2.78. The van der Waals surface area contributed by atoms with Gasteiger partial charge in [0.2, 0.25) is 0 Å². The van der Waals surface area contributed by atoms with Crippen LogP contribution in [0, 0.1) is 11.8 Å². The van der Waals surface area contributed by atoms with Gasteiger partial charge >= 0.3 is 0 Å². The van der Waals surface area contributed by atoms with Gasteiger partial charge in [0.15, 0.2) is 0 Å². The number of hydrogen-bond donors (Lipinski definition) is 0. The summed E-state index contributed by atoms with van der Waals surface area (Å²) < 4.78 is 11.5. The average molecular weight is 284 g/mol. The molecular formula is C19H24O2. The minimum atomic E-state index is -0.0762. The third-order valence-corrected chi connectivity index (χ3v) is 6.32. The predicted octanol–water partition coefficient (Wildman–Crippen LogP) is 4.10. The molecule has 4 aliphatic rings. The number of rotatable bonds is 3. The molecule has 112 valence electrons. The monoisotopic (exact) mass is 284 g/mol. The normalized spacial score (nSPS) is 40.6. The maximum absolute atomic E-state index is 6.04. The van der Waals surface area contributed by atoms with Gasteiger partial charge in [0.25, 0.3) is 0 Å². The molecule has 0 saturated heterocycles. The summed E-state index contributed by atoms with van der Waals surface area (Å²) in [5, 5.41) is 0. The highest BCUT2D eigenvalue weighted by atomic mass is 16.5. The van der Waals surface area contributed by atoms with E-state index in [0.29, 0.717) is 0 Å². The summed E-state index contributed by atoms with van der Waals surface area (Å²) in [7, 11) is 3.61. The molecule has 5 rings (SSSR count). The van der Waals surface area contributed by atoms with E-state index in [4.69, 9.17) is 9.47 Å². The first-order valence-electron chi connectivity index (χ1n) is 8.01. The summed E-state index contributed by atoms with van der Waals surface area (Å²) in [6.45, 7) is 4.53. The van der Waals surface area contributed by atoms with Gasteiger partial charge in [0, 0.05) is 12.5 Å². The molecule has 4 saturated carbocycles. The van der Waals surface area contributed by atoms with Crippen molar-refractivity contribution in [3.63, 3.8) is 0 Å². The van der Waals surface area contributed by atoms with Crippen molar-refractivity contribution in [1.29, 1.82) is 0 Å². The fourth-order valence-electron chi connectivity index (χ4n) is 5.58. The summed E-state index contributed by atoms with van der Waals surface area (Å²) in [5.41, 5.74) is 2.72. The van der Waals surface area contributed by atoms with Gasteiger partial charge in [-0.1, -0.05) is 18.7 Å². The highest BCUT2D eigenvalue weighted by molar-refractivity contribution is 5.47. The summed E-state index contributed by atoms with van der Waals surface area (Å²) in [5.74, 6) is 2.52. The van der Waals surface area contributed by atoms with Crippen molar-refractivity contribution in [3.05, 3.63) is 42.0 Å². The topological polar surface area (TPSA) is 18.5 Å². The zero-order chi connectivity index (χ0) is 14.7.